The summed E-state index contributed by atoms with van der Waals surface area (Å²) in [6.45, 7) is 0. The molecule has 1 aromatic carbocycles. The number of nitrogens with zero attached hydrogens (tertiary/aromatic N) is 1. The highest BCUT2D eigenvalue weighted by atomic mass is 35.5. The maximum absolute atomic E-state index is 13.4. The van der Waals surface area contributed by atoms with E-state index in [1.165, 1.54) is 18.3 Å². The number of nitrogens with two attached hydrogens (primary N) is 1. The predicted octanol–water partition coefficient (Wildman–Crippen LogP) is 2.72. The normalized spacial score (nSPS) is 10.4. The van der Waals surface area contributed by atoms with Crippen molar-refractivity contribution in [3.8, 4) is 11.3 Å². The van der Waals surface area contributed by atoms with Crippen LogP contribution in [0.5, 0.6) is 0 Å². The van der Waals surface area contributed by atoms with Crippen molar-refractivity contribution in [3.63, 3.8) is 0 Å². The summed E-state index contributed by atoms with van der Waals surface area (Å²) >= 11 is 5.60. The van der Waals surface area contributed by atoms with Gasteiger partial charge < -0.3 is 10.3 Å². The second-order valence-electron chi connectivity index (χ2n) is 2.73. The number of rotatable bonds is 1. The van der Waals surface area contributed by atoms with Gasteiger partial charge in [-0.3, -0.25) is 0 Å². The quantitative estimate of drug-likeness (QED) is 0.791. The van der Waals surface area contributed by atoms with Gasteiger partial charge in [-0.25, -0.2) is 4.39 Å². The van der Waals surface area contributed by atoms with E-state index in [4.69, 9.17) is 21.9 Å². The molecule has 3 nitrogen and oxygen atoms in total. The second kappa shape index (κ2) is 3.31. The van der Waals surface area contributed by atoms with Gasteiger partial charge in [-0.15, -0.1) is 0 Å². The van der Waals surface area contributed by atoms with Crippen LogP contribution in [-0.4, -0.2) is 5.16 Å². The highest BCUT2D eigenvalue weighted by Gasteiger charge is 2.12. The fraction of sp³-hybridized carbons (Fsp3) is 0. The molecule has 2 N–H and O–H groups in total. The van der Waals surface area contributed by atoms with Gasteiger partial charge in [0.05, 0.1) is 11.8 Å². The number of halogens is 2. The van der Waals surface area contributed by atoms with Gasteiger partial charge in [-0.2, -0.15) is 0 Å². The van der Waals surface area contributed by atoms with Crippen LogP contribution in [0.1, 0.15) is 0 Å². The fourth-order valence-electron chi connectivity index (χ4n) is 1.13. The Hall–Kier alpha value is -1.55. The summed E-state index contributed by atoms with van der Waals surface area (Å²) in [6.07, 6.45) is 1.32. The van der Waals surface area contributed by atoms with Gasteiger partial charge in [0.1, 0.15) is 11.5 Å². The third-order valence-corrected chi connectivity index (χ3v) is 2.01. The molecule has 1 heterocycles. The Balaban J connectivity index is 2.58. The van der Waals surface area contributed by atoms with Crippen LogP contribution < -0.4 is 5.73 Å². The van der Waals surface area contributed by atoms with Crippen LogP contribution in [-0.2, 0) is 0 Å². The Morgan fingerprint density at radius 2 is 2.21 bits per heavy atom. The van der Waals surface area contributed by atoms with Crippen LogP contribution in [0.4, 0.5) is 10.1 Å². The van der Waals surface area contributed by atoms with E-state index in [1.54, 1.807) is 6.07 Å². The summed E-state index contributed by atoms with van der Waals surface area (Å²) in [7, 11) is 0. The third-order valence-electron chi connectivity index (χ3n) is 1.77. The number of anilines is 1. The van der Waals surface area contributed by atoms with Gasteiger partial charge >= 0.3 is 0 Å². The molecule has 5 heteroatoms. The first kappa shape index (κ1) is 9.02. The summed E-state index contributed by atoms with van der Waals surface area (Å²) in [4.78, 5) is 0. The van der Waals surface area contributed by atoms with Gasteiger partial charge in [0.25, 0.3) is 0 Å². The zero-order valence-electron chi connectivity index (χ0n) is 7.00. The molecule has 0 unspecified atom stereocenters. The van der Waals surface area contributed by atoms with Crippen LogP contribution in [0.15, 0.2) is 28.9 Å². The maximum atomic E-state index is 13.4. The lowest BCUT2D eigenvalue weighted by atomic mass is 10.1. The van der Waals surface area contributed by atoms with Crippen molar-refractivity contribution in [2.24, 2.45) is 0 Å². The van der Waals surface area contributed by atoms with Crippen LogP contribution in [0.2, 0.25) is 5.02 Å². The summed E-state index contributed by atoms with van der Waals surface area (Å²) in [6, 6.07) is 4.25. The minimum absolute atomic E-state index is 0.221. The van der Waals surface area contributed by atoms with Gasteiger partial charge in [0.15, 0.2) is 5.76 Å². The Kier molecular flexibility index (Phi) is 2.13. The maximum Gasteiger partial charge on any atom is 0.192 e. The van der Waals surface area contributed by atoms with Crippen molar-refractivity contribution in [3.05, 3.63) is 35.2 Å². The smallest absolute Gasteiger partial charge is 0.192 e. The molecule has 0 aliphatic carbocycles. The molecule has 0 saturated carbocycles. The summed E-state index contributed by atoms with van der Waals surface area (Å²) in [5.74, 6) is -0.264. The van der Waals surface area contributed by atoms with Crippen molar-refractivity contribution >= 4 is 17.3 Å². The van der Waals surface area contributed by atoms with E-state index in [9.17, 15) is 4.39 Å². The standard InChI is InChI=1S/C9H6ClFN2O/c10-5-1-2-6(7(11)3-5)9-8(12)4-13-14-9/h1-4H,12H2. The van der Waals surface area contributed by atoms with Crippen molar-refractivity contribution in [2.45, 2.75) is 0 Å². The molecule has 0 atom stereocenters. The number of benzene rings is 1. The van der Waals surface area contributed by atoms with E-state index in [0.717, 1.165) is 0 Å². The lowest BCUT2D eigenvalue weighted by molar-refractivity contribution is 0.430. The summed E-state index contributed by atoms with van der Waals surface area (Å²) < 4.78 is 18.2. The number of hydrogen-bond acceptors (Lipinski definition) is 3. The molecular formula is C9H6ClFN2O. The fourth-order valence-corrected chi connectivity index (χ4v) is 1.28. The average Bonchev–Trinajstić information content (AvgIpc) is 2.52. The highest BCUT2D eigenvalue weighted by Crippen LogP contribution is 2.29. The minimum Gasteiger partial charge on any atom is -0.394 e. The number of hydrogen-bond donors (Lipinski definition) is 1. The molecule has 72 valence electrons. The first-order chi connectivity index (χ1) is 6.68. The molecule has 0 bridgehead atoms. The first-order valence-corrected chi connectivity index (χ1v) is 4.22. The van der Waals surface area contributed by atoms with Crippen LogP contribution in [0.3, 0.4) is 0 Å². The monoisotopic (exact) mass is 212 g/mol. The van der Waals surface area contributed by atoms with Crippen molar-refractivity contribution < 1.29 is 8.91 Å². The van der Waals surface area contributed by atoms with Crippen molar-refractivity contribution in [1.82, 2.24) is 5.16 Å². The molecule has 0 spiro atoms. The molecule has 2 rings (SSSR count). The second-order valence-corrected chi connectivity index (χ2v) is 3.17. The average molecular weight is 213 g/mol. The molecule has 0 aliphatic heterocycles. The van der Waals surface area contributed by atoms with Gasteiger partial charge in [-0.05, 0) is 18.2 Å². The molecule has 2 aromatic rings. The Morgan fingerprint density at radius 3 is 2.79 bits per heavy atom. The van der Waals surface area contributed by atoms with E-state index in [-0.39, 0.29) is 11.3 Å². The molecule has 0 amide bonds. The van der Waals surface area contributed by atoms with Gasteiger partial charge in [-0.1, -0.05) is 16.8 Å². The molecular weight excluding hydrogens is 207 g/mol. The van der Waals surface area contributed by atoms with Crippen molar-refractivity contribution in [1.29, 1.82) is 0 Å². The van der Waals surface area contributed by atoms with E-state index < -0.39 is 5.82 Å². The van der Waals surface area contributed by atoms with E-state index in [1.807, 2.05) is 0 Å². The Morgan fingerprint density at radius 1 is 1.43 bits per heavy atom. The topological polar surface area (TPSA) is 52.0 Å². The lowest BCUT2D eigenvalue weighted by Crippen LogP contribution is -1.87. The molecule has 0 radical (unpaired) electrons. The zero-order valence-corrected chi connectivity index (χ0v) is 7.75. The first-order valence-electron chi connectivity index (χ1n) is 3.84. The largest absolute Gasteiger partial charge is 0.394 e. The van der Waals surface area contributed by atoms with E-state index >= 15 is 0 Å². The molecule has 0 aliphatic rings. The van der Waals surface area contributed by atoms with E-state index in [0.29, 0.717) is 10.7 Å². The molecule has 0 fully saturated rings. The SMILES string of the molecule is Nc1cnoc1-c1ccc(Cl)cc1F. The summed E-state index contributed by atoms with van der Waals surface area (Å²) in [5.41, 5.74) is 6.08. The zero-order chi connectivity index (χ0) is 10.1. The molecule has 0 saturated heterocycles. The highest BCUT2D eigenvalue weighted by molar-refractivity contribution is 6.30. The number of aromatic nitrogens is 1. The summed E-state index contributed by atoms with van der Waals surface area (Å²) in [5, 5.41) is 3.79. The van der Waals surface area contributed by atoms with Gasteiger partial charge in [0.2, 0.25) is 0 Å². The third kappa shape index (κ3) is 1.44. The predicted molar refractivity (Wildman–Crippen MR) is 51.3 cm³/mol. The lowest BCUT2D eigenvalue weighted by Gasteiger charge is -1.99. The Labute approximate surface area is 84.3 Å². The molecule has 14 heavy (non-hydrogen) atoms. The number of nitrogen functional groups attached to an aromatic ring is 1. The van der Waals surface area contributed by atoms with Crippen LogP contribution >= 0.6 is 11.6 Å². The molecule has 1 aromatic heterocycles. The van der Waals surface area contributed by atoms with Crippen molar-refractivity contribution in [2.75, 3.05) is 5.73 Å². The van der Waals surface area contributed by atoms with Crippen LogP contribution in [0.25, 0.3) is 11.3 Å². The van der Waals surface area contributed by atoms with Crippen LogP contribution in [0, 0.1) is 5.82 Å². The van der Waals surface area contributed by atoms with E-state index in [2.05, 4.69) is 5.16 Å². The minimum atomic E-state index is -0.485. The Bertz CT molecular complexity index is 470. The van der Waals surface area contributed by atoms with Gasteiger partial charge in [0, 0.05) is 5.02 Å².